The third-order valence-corrected chi connectivity index (χ3v) is 2.77. The molecule has 1 unspecified atom stereocenters. The molecule has 3 N–H and O–H groups in total. The van der Waals surface area contributed by atoms with Crippen molar-refractivity contribution in [2.24, 2.45) is 5.73 Å². The van der Waals surface area contributed by atoms with E-state index in [9.17, 15) is 9.90 Å². The quantitative estimate of drug-likeness (QED) is 0.827. The first-order valence-corrected chi connectivity index (χ1v) is 5.63. The van der Waals surface area contributed by atoms with Crippen molar-refractivity contribution >= 4 is 6.09 Å². The molecule has 1 aromatic rings. The third-order valence-electron chi connectivity index (χ3n) is 2.77. The molecule has 0 aromatic heterocycles. The van der Waals surface area contributed by atoms with Crippen LogP contribution < -0.4 is 5.73 Å². The predicted molar refractivity (Wildman–Crippen MR) is 62.6 cm³/mol. The van der Waals surface area contributed by atoms with Gasteiger partial charge in [0.1, 0.15) is 5.75 Å². The summed E-state index contributed by atoms with van der Waals surface area (Å²) in [6.45, 7) is 1.56. The van der Waals surface area contributed by atoms with Crippen LogP contribution in [-0.4, -0.2) is 35.8 Å². The Kier molecular flexibility index (Phi) is 3.49. The van der Waals surface area contributed by atoms with E-state index >= 15 is 0 Å². The zero-order valence-corrected chi connectivity index (χ0v) is 9.50. The van der Waals surface area contributed by atoms with Crippen LogP contribution in [0.1, 0.15) is 18.0 Å². The van der Waals surface area contributed by atoms with Crippen LogP contribution in [0.2, 0.25) is 0 Å². The highest BCUT2D eigenvalue weighted by Crippen LogP contribution is 2.18. The molecule has 5 heteroatoms. The highest BCUT2D eigenvalue weighted by atomic mass is 16.6. The second-order valence-corrected chi connectivity index (χ2v) is 4.12. The van der Waals surface area contributed by atoms with Gasteiger partial charge in [0.15, 0.2) is 0 Å². The molecule has 1 aliphatic rings. The first kappa shape index (κ1) is 11.7. The standard InChI is InChI=1S/C12H16N2O3/c13-11(9-3-1-4-10(15)7-9)8-14-5-2-6-17-12(14)16/h1,3-4,7,11,15H,2,5-6,8,13H2. The van der Waals surface area contributed by atoms with E-state index < -0.39 is 0 Å². The molecule has 1 fully saturated rings. The van der Waals surface area contributed by atoms with Crippen molar-refractivity contribution in [3.63, 3.8) is 0 Å². The average Bonchev–Trinajstić information content (AvgIpc) is 2.32. The van der Waals surface area contributed by atoms with Gasteiger partial charge >= 0.3 is 6.09 Å². The number of benzene rings is 1. The maximum Gasteiger partial charge on any atom is 0.409 e. The average molecular weight is 236 g/mol. The first-order valence-electron chi connectivity index (χ1n) is 5.63. The number of nitrogens with zero attached hydrogens (tertiary/aromatic N) is 1. The summed E-state index contributed by atoms with van der Waals surface area (Å²) in [7, 11) is 0. The smallest absolute Gasteiger partial charge is 0.409 e. The van der Waals surface area contributed by atoms with Crippen LogP contribution in [-0.2, 0) is 4.74 Å². The van der Waals surface area contributed by atoms with E-state index in [1.165, 1.54) is 0 Å². The lowest BCUT2D eigenvalue weighted by Gasteiger charge is -2.28. The van der Waals surface area contributed by atoms with Gasteiger partial charge in [-0.3, -0.25) is 0 Å². The van der Waals surface area contributed by atoms with E-state index in [2.05, 4.69) is 0 Å². The summed E-state index contributed by atoms with van der Waals surface area (Å²) < 4.78 is 4.93. The fourth-order valence-corrected chi connectivity index (χ4v) is 1.86. The number of ether oxygens (including phenoxy) is 1. The summed E-state index contributed by atoms with van der Waals surface area (Å²) in [5.74, 6) is 0.180. The number of phenols is 1. The number of hydrogen-bond acceptors (Lipinski definition) is 4. The number of rotatable bonds is 3. The Morgan fingerprint density at radius 1 is 1.53 bits per heavy atom. The molecule has 1 saturated heterocycles. The fraction of sp³-hybridized carbons (Fsp3) is 0.417. The van der Waals surface area contributed by atoms with Crippen LogP contribution in [0.25, 0.3) is 0 Å². The minimum atomic E-state index is -0.313. The zero-order valence-electron chi connectivity index (χ0n) is 9.50. The Hall–Kier alpha value is -1.75. The molecular weight excluding hydrogens is 220 g/mol. The molecule has 0 aliphatic carbocycles. The zero-order chi connectivity index (χ0) is 12.3. The van der Waals surface area contributed by atoms with Crippen LogP contribution in [0.15, 0.2) is 24.3 Å². The van der Waals surface area contributed by atoms with Crippen LogP contribution in [0.3, 0.4) is 0 Å². The summed E-state index contributed by atoms with van der Waals surface area (Å²) in [6.07, 6.45) is 0.519. The molecular formula is C12H16N2O3. The van der Waals surface area contributed by atoms with E-state index in [1.807, 2.05) is 6.07 Å². The highest BCUT2D eigenvalue weighted by molar-refractivity contribution is 5.68. The number of carbonyl (C=O) groups excluding carboxylic acids is 1. The maximum atomic E-state index is 11.4. The lowest BCUT2D eigenvalue weighted by Crippen LogP contribution is -2.41. The molecule has 1 amide bonds. The predicted octanol–water partition coefficient (Wildman–Crippen LogP) is 1.23. The minimum Gasteiger partial charge on any atom is -0.508 e. The third kappa shape index (κ3) is 2.88. The van der Waals surface area contributed by atoms with Gasteiger partial charge in [0, 0.05) is 19.1 Å². The van der Waals surface area contributed by atoms with Crippen LogP contribution in [0.4, 0.5) is 4.79 Å². The normalized spacial score (nSPS) is 17.7. The second-order valence-electron chi connectivity index (χ2n) is 4.12. The molecule has 1 atom stereocenters. The number of amides is 1. The molecule has 0 saturated carbocycles. The Bertz CT molecular complexity index is 408. The molecule has 17 heavy (non-hydrogen) atoms. The molecule has 0 bridgehead atoms. The molecule has 0 spiro atoms. The topological polar surface area (TPSA) is 75.8 Å². The Morgan fingerprint density at radius 2 is 2.35 bits per heavy atom. The lowest BCUT2D eigenvalue weighted by molar-refractivity contribution is 0.0706. The number of carbonyl (C=O) groups is 1. The summed E-state index contributed by atoms with van der Waals surface area (Å²) in [4.78, 5) is 13.0. The number of hydrogen-bond donors (Lipinski definition) is 2. The molecule has 5 nitrogen and oxygen atoms in total. The Labute approximate surface area is 99.8 Å². The van der Waals surface area contributed by atoms with Crippen molar-refractivity contribution in [1.29, 1.82) is 0 Å². The number of phenolic OH excluding ortho intramolecular Hbond substituents is 1. The van der Waals surface area contributed by atoms with Crippen molar-refractivity contribution in [1.82, 2.24) is 4.90 Å². The highest BCUT2D eigenvalue weighted by Gasteiger charge is 2.22. The van der Waals surface area contributed by atoms with E-state index in [1.54, 1.807) is 23.1 Å². The van der Waals surface area contributed by atoms with Crippen molar-refractivity contribution in [2.45, 2.75) is 12.5 Å². The van der Waals surface area contributed by atoms with Gasteiger partial charge in [0.2, 0.25) is 0 Å². The summed E-state index contributed by atoms with van der Waals surface area (Å²) >= 11 is 0. The molecule has 2 rings (SSSR count). The van der Waals surface area contributed by atoms with E-state index in [0.29, 0.717) is 19.7 Å². The Morgan fingerprint density at radius 3 is 3.06 bits per heavy atom. The summed E-state index contributed by atoms with van der Waals surface area (Å²) in [5.41, 5.74) is 6.81. The van der Waals surface area contributed by atoms with Gasteiger partial charge in [0.05, 0.1) is 6.61 Å². The van der Waals surface area contributed by atoms with Gasteiger partial charge in [-0.05, 0) is 24.1 Å². The largest absolute Gasteiger partial charge is 0.508 e. The van der Waals surface area contributed by atoms with E-state index in [-0.39, 0.29) is 17.9 Å². The van der Waals surface area contributed by atoms with Crippen molar-refractivity contribution in [3.05, 3.63) is 29.8 Å². The lowest BCUT2D eigenvalue weighted by atomic mass is 10.1. The molecule has 92 valence electrons. The number of cyclic esters (lactones) is 1. The van der Waals surface area contributed by atoms with Gasteiger partial charge < -0.3 is 20.5 Å². The van der Waals surface area contributed by atoms with Crippen molar-refractivity contribution in [2.75, 3.05) is 19.7 Å². The minimum absolute atomic E-state index is 0.180. The maximum absolute atomic E-state index is 11.4. The summed E-state index contributed by atoms with van der Waals surface area (Å²) in [6, 6.07) is 6.46. The Balaban J connectivity index is 2.00. The fourth-order valence-electron chi connectivity index (χ4n) is 1.86. The molecule has 1 aromatic carbocycles. The second kappa shape index (κ2) is 5.05. The SMILES string of the molecule is NC(CN1CCCOC1=O)c1cccc(O)c1. The monoisotopic (exact) mass is 236 g/mol. The molecule has 1 aliphatic heterocycles. The van der Waals surface area contributed by atoms with Crippen LogP contribution in [0.5, 0.6) is 5.75 Å². The van der Waals surface area contributed by atoms with E-state index in [4.69, 9.17) is 10.5 Å². The van der Waals surface area contributed by atoms with Crippen molar-refractivity contribution in [3.8, 4) is 5.75 Å². The number of aromatic hydroxyl groups is 1. The van der Waals surface area contributed by atoms with Gasteiger partial charge in [-0.2, -0.15) is 0 Å². The first-order chi connectivity index (χ1) is 8.16. The summed E-state index contributed by atoms with van der Waals surface area (Å²) in [5, 5.41) is 9.36. The van der Waals surface area contributed by atoms with Gasteiger partial charge in [-0.25, -0.2) is 4.79 Å². The van der Waals surface area contributed by atoms with Crippen molar-refractivity contribution < 1.29 is 14.6 Å². The molecule has 0 radical (unpaired) electrons. The van der Waals surface area contributed by atoms with Gasteiger partial charge in [-0.1, -0.05) is 12.1 Å². The molecule has 1 heterocycles. The van der Waals surface area contributed by atoms with Gasteiger partial charge in [0.25, 0.3) is 0 Å². The van der Waals surface area contributed by atoms with Crippen LogP contribution >= 0.6 is 0 Å². The van der Waals surface area contributed by atoms with Gasteiger partial charge in [-0.15, -0.1) is 0 Å². The number of nitrogens with two attached hydrogens (primary N) is 1. The van der Waals surface area contributed by atoms with Crippen LogP contribution in [0, 0.1) is 0 Å². The van der Waals surface area contributed by atoms with E-state index in [0.717, 1.165) is 12.0 Å².